The van der Waals surface area contributed by atoms with Crippen LogP contribution in [0.15, 0.2) is 0 Å². The molecule has 90 valence electrons. The van der Waals surface area contributed by atoms with E-state index in [0.717, 1.165) is 31.1 Å². The van der Waals surface area contributed by atoms with Crippen LogP contribution in [0.4, 0.5) is 5.82 Å². The molecule has 0 spiro atoms. The Labute approximate surface area is 101 Å². The standard InChI is InChI=1S/C10H18N4OS/c1-7(2)15-6-4-5-11-9-8(3)13-14-10(16)12-9/h7H,4-6H2,1-3H3,(H2,11,12,14,16). The van der Waals surface area contributed by atoms with E-state index in [0.29, 0.717) is 4.77 Å². The van der Waals surface area contributed by atoms with E-state index in [4.69, 9.17) is 17.0 Å². The Morgan fingerprint density at radius 3 is 2.94 bits per heavy atom. The van der Waals surface area contributed by atoms with E-state index >= 15 is 0 Å². The average Bonchev–Trinajstić information content (AvgIpc) is 2.22. The van der Waals surface area contributed by atoms with Gasteiger partial charge in [0.15, 0.2) is 5.82 Å². The van der Waals surface area contributed by atoms with Crippen molar-refractivity contribution in [1.29, 1.82) is 0 Å². The third kappa shape index (κ3) is 4.67. The first-order chi connectivity index (χ1) is 7.59. The summed E-state index contributed by atoms with van der Waals surface area (Å²) in [5, 5.41) is 9.85. The van der Waals surface area contributed by atoms with Gasteiger partial charge in [-0.3, -0.25) is 5.10 Å². The molecule has 1 aromatic heterocycles. The van der Waals surface area contributed by atoms with Gasteiger partial charge in [0.1, 0.15) is 0 Å². The predicted molar refractivity (Wildman–Crippen MR) is 66.1 cm³/mol. The Kier molecular flexibility index (Phi) is 5.34. The van der Waals surface area contributed by atoms with Gasteiger partial charge in [0.25, 0.3) is 0 Å². The van der Waals surface area contributed by atoms with Crippen molar-refractivity contribution in [1.82, 2.24) is 15.2 Å². The molecule has 0 aliphatic carbocycles. The summed E-state index contributed by atoms with van der Waals surface area (Å²) in [7, 11) is 0. The maximum atomic E-state index is 5.43. The molecule has 5 nitrogen and oxygen atoms in total. The van der Waals surface area contributed by atoms with Crippen LogP contribution in [0.1, 0.15) is 26.0 Å². The van der Waals surface area contributed by atoms with Crippen molar-refractivity contribution < 1.29 is 4.74 Å². The number of hydrogen-bond donors (Lipinski definition) is 2. The van der Waals surface area contributed by atoms with Crippen molar-refractivity contribution in [3.63, 3.8) is 0 Å². The van der Waals surface area contributed by atoms with Gasteiger partial charge in [0.2, 0.25) is 4.77 Å². The van der Waals surface area contributed by atoms with Gasteiger partial charge in [-0.05, 0) is 39.4 Å². The lowest BCUT2D eigenvalue weighted by Crippen LogP contribution is -2.11. The lowest BCUT2D eigenvalue weighted by molar-refractivity contribution is 0.0787. The van der Waals surface area contributed by atoms with Crippen LogP contribution in [-0.2, 0) is 4.74 Å². The SMILES string of the molecule is Cc1n[nH]c(=S)nc1NCCCOC(C)C. The molecule has 0 radical (unpaired) electrons. The number of rotatable bonds is 6. The maximum Gasteiger partial charge on any atom is 0.215 e. The molecule has 0 aromatic carbocycles. The molecule has 1 rings (SSSR count). The van der Waals surface area contributed by atoms with Crippen molar-refractivity contribution in [2.75, 3.05) is 18.5 Å². The largest absolute Gasteiger partial charge is 0.379 e. The second-order valence-electron chi connectivity index (χ2n) is 3.77. The fraction of sp³-hybridized carbons (Fsp3) is 0.700. The first kappa shape index (κ1) is 13.1. The summed E-state index contributed by atoms with van der Waals surface area (Å²) < 4.78 is 5.83. The van der Waals surface area contributed by atoms with E-state index in [1.54, 1.807) is 0 Å². The van der Waals surface area contributed by atoms with Crippen molar-refractivity contribution in [3.05, 3.63) is 10.5 Å². The molecule has 1 heterocycles. The quantitative estimate of drug-likeness (QED) is 0.590. The maximum absolute atomic E-state index is 5.43. The van der Waals surface area contributed by atoms with Gasteiger partial charge in [-0.15, -0.1) is 0 Å². The Morgan fingerprint density at radius 1 is 1.50 bits per heavy atom. The third-order valence-corrected chi connectivity index (χ3v) is 2.12. The van der Waals surface area contributed by atoms with Gasteiger partial charge >= 0.3 is 0 Å². The topological polar surface area (TPSA) is 62.8 Å². The van der Waals surface area contributed by atoms with Crippen molar-refractivity contribution >= 4 is 18.0 Å². The Morgan fingerprint density at radius 2 is 2.25 bits per heavy atom. The van der Waals surface area contributed by atoms with Crippen LogP contribution in [0.2, 0.25) is 0 Å². The van der Waals surface area contributed by atoms with Crippen molar-refractivity contribution in [3.8, 4) is 0 Å². The smallest absolute Gasteiger partial charge is 0.215 e. The highest BCUT2D eigenvalue weighted by atomic mass is 32.1. The molecular weight excluding hydrogens is 224 g/mol. The first-order valence-corrected chi connectivity index (χ1v) is 5.79. The molecule has 0 atom stereocenters. The van der Waals surface area contributed by atoms with Crippen LogP contribution < -0.4 is 5.32 Å². The highest BCUT2D eigenvalue weighted by molar-refractivity contribution is 7.71. The van der Waals surface area contributed by atoms with Gasteiger partial charge < -0.3 is 10.1 Å². The van der Waals surface area contributed by atoms with E-state index in [2.05, 4.69) is 20.5 Å². The highest BCUT2D eigenvalue weighted by Crippen LogP contribution is 2.05. The summed E-state index contributed by atoms with van der Waals surface area (Å²) in [6.07, 6.45) is 1.22. The lowest BCUT2D eigenvalue weighted by atomic mass is 10.4. The zero-order valence-electron chi connectivity index (χ0n) is 9.91. The van der Waals surface area contributed by atoms with Crippen LogP contribution in [0, 0.1) is 11.7 Å². The van der Waals surface area contributed by atoms with Gasteiger partial charge in [-0.1, -0.05) is 0 Å². The summed E-state index contributed by atoms with van der Waals surface area (Å²) in [6, 6.07) is 0. The molecule has 0 unspecified atom stereocenters. The van der Waals surface area contributed by atoms with Gasteiger partial charge in [0.05, 0.1) is 11.8 Å². The molecule has 1 aromatic rings. The van der Waals surface area contributed by atoms with E-state index < -0.39 is 0 Å². The minimum Gasteiger partial charge on any atom is -0.379 e. The van der Waals surface area contributed by atoms with Crippen LogP contribution in [0.25, 0.3) is 0 Å². The summed E-state index contributed by atoms with van der Waals surface area (Å²) in [5.74, 6) is 0.744. The number of H-pyrrole nitrogens is 1. The van der Waals surface area contributed by atoms with E-state index in [1.165, 1.54) is 0 Å². The second kappa shape index (κ2) is 6.55. The molecule has 0 amide bonds. The van der Waals surface area contributed by atoms with E-state index in [-0.39, 0.29) is 6.10 Å². The zero-order valence-corrected chi connectivity index (χ0v) is 10.7. The second-order valence-corrected chi connectivity index (χ2v) is 4.16. The van der Waals surface area contributed by atoms with E-state index in [1.807, 2.05) is 20.8 Å². The van der Waals surface area contributed by atoms with E-state index in [9.17, 15) is 0 Å². The first-order valence-electron chi connectivity index (χ1n) is 5.38. The van der Waals surface area contributed by atoms with Gasteiger partial charge in [-0.2, -0.15) is 10.1 Å². The summed E-state index contributed by atoms with van der Waals surface area (Å²) in [5.41, 5.74) is 0.818. The number of nitrogens with one attached hydrogen (secondary N) is 2. The van der Waals surface area contributed by atoms with Gasteiger partial charge in [-0.25, -0.2) is 0 Å². The van der Waals surface area contributed by atoms with Crippen LogP contribution >= 0.6 is 12.2 Å². The third-order valence-electron chi connectivity index (χ3n) is 1.94. The van der Waals surface area contributed by atoms with Crippen LogP contribution in [-0.4, -0.2) is 34.4 Å². The Hall–Kier alpha value is -1.01. The molecule has 0 saturated carbocycles. The molecular formula is C10H18N4OS. The average molecular weight is 242 g/mol. The molecule has 0 aliphatic rings. The number of aromatic nitrogens is 3. The fourth-order valence-corrected chi connectivity index (χ4v) is 1.29. The monoisotopic (exact) mass is 242 g/mol. The van der Waals surface area contributed by atoms with Crippen LogP contribution in [0.5, 0.6) is 0 Å². The number of anilines is 1. The molecule has 2 N–H and O–H groups in total. The minimum atomic E-state index is 0.284. The van der Waals surface area contributed by atoms with Crippen LogP contribution in [0.3, 0.4) is 0 Å². The normalized spacial score (nSPS) is 10.8. The van der Waals surface area contributed by atoms with Crippen molar-refractivity contribution in [2.24, 2.45) is 0 Å². The lowest BCUT2D eigenvalue weighted by Gasteiger charge is -2.09. The molecule has 16 heavy (non-hydrogen) atoms. The number of hydrogen-bond acceptors (Lipinski definition) is 5. The molecule has 0 saturated heterocycles. The molecule has 6 heteroatoms. The number of nitrogens with zero attached hydrogens (tertiary/aromatic N) is 2. The fourth-order valence-electron chi connectivity index (χ4n) is 1.16. The molecule has 0 bridgehead atoms. The predicted octanol–water partition coefficient (Wildman–Crippen LogP) is 2.07. The Bertz CT molecular complexity index is 377. The number of aryl methyl sites for hydroxylation is 1. The summed E-state index contributed by atoms with van der Waals surface area (Å²) >= 11 is 4.90. The summed E-state index contributed by atoms with van der Waals surface area (Å²) in [6.45, 7) is 7.49. The highest BCUT2D eigenvalue weighted by Gasteiger charge is 2.00. The Balaban J connectivity index is 2.32. The number of aromatic amines is 1. The van der Waals surface area contributed by atoms with Crippen molar-refractivity contribution in [2.45, 2.75) is 33.3 Å². The van der Waals surface area contributed by atoms with Gasteiger partial charge in [0, 0.05) is 13.2 Å². The zero-order chi connectivity index (χ0) is 12.0. The minimum absolute atomic E-state index is 0.284. The molecule has 0 aliphatic heterocycles. The molecule has 0 fully saturated rings. The summed E-state index contributed by atoms with van der Waals surface area (Å²) in [4.78, 5) is 4.15. The number of ether oxygens (including phenoxy) is 1.